The first kappa shape index (κ1) is 34.0. The van der Waals surface area contributed by atoms with E-state index in [1.165, 1.54) is 6.08 Å². The van der Waals surface area contributed by atoms with Gasteiger partial charge in [0.25, 0.3) is 0 Å². The first-order valence-corrected chi connectivity index (χ1v) is 12.7. The van der Waals surface area contributed by atoms with Crippen molar-refractivity contribution in [1.29, 1.82) is 0 Å². The maximum absolute atomic E-state index is 14.8. The van der Waals surface area contributed by atoms with Gasteiger partial charge in [0.1, 0.15) is 63.4 Å². The van der Waals surface area contributed by atoms with E-state index in [1.807, 2.05) is 11.8 Å². The largest absolute Gasteiger partial charge is 0.432 e. The van der Waals surface area contributed by atoms with Crippen LogP contribution in [0.3, 0.4) is 0 Å². The molecule has 0 bridgehead atoms. The monoisotopic (exact) mass is 662 g/mol. The molecule has 0 fully saturated rings. The Morgan fingerprint density at radius 2 is 1.11 bits per heavy atom. The fourth-order valence-corrected chi connectivity index (χ4v) is 4.29. The highest BCUT2D eigenvalue weighted by Crippen LogP contribution is 2.40. The second-order valence-corrected chi connectivity index (χ2v) is 9.52. The topological polar surface area (TPSA) is 9.23 Å². The standard InChI is InChI=1S/C32H15F13O/c1-2-3-4-15-7-20(33)19(21(34)8-15)6-5-16-9-24(37)30(25(38)10-16)32(44,45)46-18-13-22(35)28(23(36)14-18)17-11-26(39)29(27(40)12-17)31(41,42)43/h2,7-14H,1,3-4H2. The SMILES string of the molecule is C=CCCc1cc(F)c(C#Cc2cc(F)c(C(F)(F)Oc3cc(F)c(-c4cc(F)c(C(F)(F)F)c(F)c4)c(F)c3)c(F)c2)c(F)c1. The quantitative estimate of drug-likeness (QED) is 0.109. The Bertz CT molecular complexity index is 1810. The van der Waals surface area contributed by atoms with E-state index in [0.717, 1.165) is 12.1 Å². The third kappa shape index (κ3) is 7.14. The van der Waals surface area contributed by atoms with Gasteiger partial charge in [-0.25, -0.2) is 35.1 Å². The number of rotatable bonds is 7. The lowest BCUT2D eigenvalue weighted by Gasteiger charge is -2.20. The second-order valence-electron chi connectivity index (χ2n) is 9.52. The molecule has 0 heterocycles. The Morgan fingerprint density at radius 3 is 1.59 bits per heavy atom. The summed E-state index contributed by atoms with van der Waals surface area (Å²) >= 11 is 0. The van der Waals surface area contributed by atoms with Crippen LogP contribution >= 0.6 is 0 Å². The number of halogens is 13. The predicted molar refractivity (Wildman–Crippen MR) is 138 cm³/mol. The van der Waals surface area contributed by atoms with Crippen molar-refractivity contribution in [1.82, 2.24) is 0 Å². The smallest absolute Gasteiger partial charge is 0.429 e. The summed E-state index contributed by atoms with van der Waals surface area (Å²) in [7, 11) is 0. The van der Waals surface area contributed by atoms with Crippen LogP contribution in [0.4, 0.5) is 57.1 Å². The van der Waals surface area contributed by atoms with E-state index in [0.29, 0.717) is 6.42 Å². The van der Waals surface area contributed by atoms with Crippen molar-refractivity contribution in [3.63, 3.8) is 0 Å². The van der Waals surface area contributed by atoms with E-state index in [4.69, 9.17) is 0 Å². The minimum atomic E-state index is -5.49. The summed E-state index contributed by atoms with van der Waals surface area (Å²) in [6.07, 6.45) is -8.25. The van der Waals surface area contributed by atoms with Gasteiger partial charge in [-0.1, -0.05) is 17.9 Å². The van der Waals surface area contributed by atoms with Gasteiger partial charge in [-0.15, -0.1) is 6.58 Å². The molecule has 0 unspecified atom stereocenters. The highest BCUT2D eigenvalue weighted by Gasteiger charge is 2.42. The zero-order valence-electron chi connectivity index (χ0n) is 22.6. The average Bonchev–Trinajstić information content (AvgIpc) is 2.89. The van der Waals surface area contributed by atoms with Crippen LogP contribution in [0.1, 0.15) is 34.2 Å². The van der Waals surface area contributed by atoms with Crippen LogP contribution < -0.4 is 4.74 Å². The van der Waals surface area contributed by atoms with Crippen LogP contribution in [0, 0.1) is 58.4 Å². The molecule has 0 saturated carbocycles. The molecule has 0 saturated heterocycles. The summed E-state index contributed by atoms with van der Waals surface area (Å²) in [4.78, 5) is 0. The molecule has 0 aromatic heterocycles. The van der Waals surface area contributed by atoms with Gasteiger partial charge >= 0.3 is 12.3 Å². The third-order valence-corrected chi connectivity index (χ3v) is 6.28. The van der Waals surface area contributed by atoms with Crippen molar-refractivity contribution in [2.75, 3.05) is 0 Å². The van der Waals surface area contributed by atoms with E-state index in [-0.39, 0.29) is 48.4 Å². The summed E-state index contributed by atoms with van der Waals surface area (Å²) < 4.78 is 187. The number of allylic oxidation sites excluding steroid dienone is 1. The van der Waals surface area contributed by atoms with Crippen LogP contribution in [0.25, 0.3) is 11.1 Å². The maximum Gasteiger partial charge on any atom is 0.432 e. The predicted octanol–water partition coefficient (Wildman–Crippen LogP) is 10.1. The Morgan fingerprint density at radius 1 is 0.609 bits per heavy atom. The summed E-state index contributed by atoms with van der Waals surface area (Å²) in [6.45, 7) is 3.49. The van der Waals surface area contributed by atoms with E-state index in [9.17, 15) is 57.1 Å². The van der Waals surface area contributed by atoms with Gasteiger partial charge in [-0.05, 0) is 60.4 Å². The number of hydrogen-bond acceptors (Lipinski definition) is 1. The number of alkyl halides is 5. The molecule has 14 heteroatoms. The molecule has 0 aliphatic carbocycles. The molecule has 0 atom stereocenters. The van der Waals surface area contributed by atoms with Gasteiger partial charge in [0.15, 0.2) is 0 Å². The molecule has 4 aromatic rings. The van der Waals surface area contributed by atoms with Crippen LogP contribution in [0.5, 0.6) is 5.75 Å². The van der Waals surface area contributed by atoms with E-state index >= 15 is 0 Å². The number of aryl methyl sites for hydroxylation is 1. The molecule has 4 rings (SSSR count). The first-order valence-electron chi connectivity index (χ1n) is 12.7. The Kier molecular flexibility index (Phi) is 9.46. The van der Waals surface area contributed by atoms with Crippen molar-refractivity contribution in [3.05, 3.63) is 136 Å². The molecule has 0 aliphatic heterocycles. The molecule has 0 radical (unpaired) electrons. The number of ether oxygens (including phenoxy) is 1. The van der Waals surface area contributed by atoms with Gasteiger partial charge in [0, 0.05) is 17.7 Å². The average molecular weight is 662 g/mol. The fraction of sp³-hybridized carbons (Fsp3) is 0.125. The second kappa shape index (κ2) is 12.8. The molecule has 0 spiro atoms. The van der Waals surface area contributed by atoms with Crippen molar-refractivity contribution < 1.29 is 61.8 Å². The first-order chi connectivity index (χ1) is 21.4. The lowest BCUT2D eigenvalue weighted by Crippen LogP contribution is -2.25. The molecule has 0 N–H and O–H groups in total. The highest BCUT2D eigenvalue weighted by atomic mass is 19.4. The van der Waals surface area contributed by atoms with E-state index in [1.54, 1.807) is 0 Å². The lowest BCUT2D eigenvalue weighted by atomic mass is 10.0. The Balaban J connectivity index is 1.62. The summed E-state index contributed by atoms with van der Waals surface area (Å²) in [5.41, 5.74) is -7.93. The van der Waals surface area contributed by atoms with E-state index < -0.39 is 98.0 Å². The zero-order valence-corrected chi connectivity index (χ0v) is 22.6. The van der Waals surface area contributed by atoms with Crippen molar-refractivity contribution in [3.8, 4) is 28.7 Å². The minimum absolute atomic E-state index is 0.0290. The molecule has 4 aromatic carbocycles. The molecular formula is C32H15F13O. The fourth-order valence-electron chi connectivity index (χ4n) is 4.29. The highest BCUT2D eigenvalue weighted by molar-refractivity contribution is 5.67. The number of benzene rings is 4. The van der Waals surface area contributed by atoms with Gasteiger partial charge in [-0.2, -0.15) is 22.0 Å². The summed E-state index contributed by atoms with van der Waals surface area (Å²) in [5, 5.41) is 0. The van der Waals surface area contributed by atoms with Gasteiger partial charge in [-0.3, -0.25) is 0 Å². The summed E-state index contributed by atoms with van der Waals surface area (Å²) in [6, 6.07) is 2.49. The molecule has 240 valence electrons. The van der Waals surface area contributed by atoms with Crippen molar-refractivity contribution in [2.24, 2.45) is 0 Å². The molecular weight excluding hydrogens is 647 g/mol. The van der Waals surface area contributed by atoms with E-state index in [2.05, 4.69) is 11.3 Å². The lowest BCUT2D eigenvalue weighted by molar-refractivity contribution is -0.189. The zero-order chi connectivity index (χ0) is 34.1. The van der Waals surface area contributed by atoms with Crippen LogP contribution in [-0.4, -0.2) is 0 Å². The molecule has 0 amide bonds. The molecule has 1 nitrogen and oxygen atoms in total. The van der Waals surface area contributed by atoms with Crippen LogP contribution in [0.15, 0.2) is 61.2 Å². The summed E-state index contributed by atoms with van der Waals surface area (Å²) in [5.74, 6) is -11.6. The third-order valence-electron chi connectivity index (χ3n) is 6.28. The van der Waals surface area contributed by atoms with Crippen LogP contribution in [-0.2, 0) is 18.7 Å². The number of hydrogen-bond donors (Lipinski definition) is 0. The maximum atomic E-state index is 14.8. The van der Waals surface area contributed by atoms with Gasteiger partial charge < -0.3 is 4.74 Å². The Hall–Kier alpha value is -4.93. The van der Waals surface area contributed by atoms with Crippen LogP contribution in [0.2, 0.25) is 0 Å². The molecule has 0 aliphatic rings. The van der Waals surface area contributed by atoms with Gasteiger partial charge in [0.2, 0.25) is 0 Å². The van der Waals surface area contributed by atoms with Crippen molar-refractivity contribution in [2.45, 2.75) is 25.1 Å². The molecule has 46 heavy (non-hydrogen) atoms. The van der Waals surface area contributed by atoms with Crippen molar-refractivity contribution >= 4 is 0 Å². The normalized spacial score (nSPS) is 11.7. The minimum Gasteiger partial charge on any atom is -0.429 e. The van der Waals surface area contributed by atoms with Gasteiger partial charge in [0.05, 0.1) is 11.1 Å². The Labute approximate surface area is 251 Å².